The Bertz CT molecular complexity index is 512. The Morgan fingerprint density at radius 2 is 2.14 bits per heavy atom. The highest BCUT2D eigenvalue weighted by molar-refractivity contribution is 7.13. The van der Waals surface area contributed by atoms with E-state index in [4.69, 9.17) is 0 Å². The van der Waals surface area contributed by atoms with Crippen LogP contribution in [-0.2, 0) is 6.54 Å². The third kappa shape index (κ3) is 5.19. The molecule has 4 nitrogen and oxygen atoms in total. The van der Waals surface area contributed by atoms with E-state index < -0.39 is 0 Å². The molecule has 0 spiro atoms. The van der Waals surface area contributed by atoms with Gasteiger partial charge in [0.05, 0.1) is 11.4 Å². The molecule has 2 aromatic rings. The second-order valence-corrected chi connectivity index (χ2v) is 5.83. The maximum Gasteiger partial charge on any atom is 0.142 e. The van der Waals surface area contributed by atoms with Crippen molar-refractivity contribution >= 4 is 11.3 Å². The zero-order valence-corrected chi connectivity index (χ0v) is 13.7. The van der Waals surface area contributed by atoms with Gasteiger partial charge in [-0.15, -0.1) is 11.3 Å². The Labute approximate surface area is 131 Å². The van der Waals surface area contributed by atoms with Gasteiger partial charge in [0.25, 0.3) is 0 Å². The number of hydrogen-bond donors (Lipinski definition) is 1. The Morgan fingerprint density at radius 3 is 2.86 bits per heavy atom. The summed E-state index contributed by atoms with van der Waals surface area (Å²) in [4.78, 5) is 11.4. The van der Waals surface area contributed by atoms with E-state index in [1.54, 1.807) is 11.3 Å². The maximum atomic E-state index is 4.63. The first-order valence-electron chi connectivity index (χ1n) is 7.62. The van der Waals surface area contributed by atoms with Crippen LogP contribution in [0.2, 0.25) is 0 Å². The molecule has 2 aromatic heterocycles. The van der Waals surface area contributed by atoms with Crippen LogP contribution < -0.4 is 5.32 Å². The van der Waals surface area contributed by atoms with Gasteiger partial charge < -0.3 is 10.2 Å². The van der Waals surface area contributed by atoms with Gasteiger partial charge in [0, 0.05) is 31.2 Å². The van der Waals surface area contributed by atoms with E-state index in [9.17, 15) is 0 Å². The summed E-state index contributed by atoms with van der Waals surface area (Å²) in [6.07, 6.45) is 3.02. The highest BCUT2D eigenvalue weighted by Crippen LogP contribution is 2.20. The van der Waals surface area contributed by atoms with Gasteiger partial charge in [-0.05, 0) is 31.6 Å². The molecule has 0 aliphatic rings. The average Bonchev–Trinajstić information content (AvgIpc) is 3.00. The summed E-state index contributed by atoms with van der Waals surface area (Å²) in [5.74, 6) is 0. The van der Waals surface area contributed by atoms with Crippen LogP contribution in [0.25, 0.3) is 10.7 Å². The second kappa shape index (κ2) is 8.87. The minimum Gasteiger partial charge on any atom is -0.310 e. The van der Waals surface area contributed by atoms with Crippen LogP contribution in [0.5, 0.6) is 0 Å². The average molecular weight is 304 g/mol. The van der Waals surface area contributed by atoms with Crippen molar-refractivity contribution in [2.24, 2.45) is 0 Å². The van der Waals surface area contributed by atoms with Crippen LogP contribution in [0.4, 0.5) is 0 Å². The molecule has 5 heteroatoms. The van der Waals surface area contributed by atoms with Crippen LogP contribution in [0.15, 0.2) is 29.8 Å². The molecule has 0 fully saturated rings. The van der Waals surface area contributed by atoms with E-state index in [1.165, 1.54) is 13.0 Å². The molecule has 0 unspecified atom stereocenters. The molecule has 0 aliphatic heterocycles. The molecule has 2 rings (SSSR count). The highest BCUT2D eigenvalue weighted by atomic mass is 32.1. The predicted octanol–water partition coefficient (Wildman–Crippen LogP) is 3.03. The number of likely N-dealkylation sites (N-methyl/N-ethyl adjacent to an activating group) is 1. The summed E-state index contributed by atoms with van der Waals surface area (Å²) in [5.41, 5.74) is 2.05. The topological polar surface area (TPSA) is 41.0 Å². The molecule has 1 N–H and O–H groups in total. The van der Waals surface area contributed by atoms with E-state index in [0.29, 0.717) is 0 Å². The summed E-state index contributed by atoms with van der Waals surface area (Å²) in [6, 6.07) is 5.92. The number of aromatic nitrogens is 2. The quantitative estimate of drug-likeness (QED) is 0.723. The highest BCUT2D eigenvalue weighted by Gasteiger charge is 2.05. The first kappa shape index (κ1) is 16.1. The summed E-state index contributed by atoms with van der Waals surface area (Å²) in [7, 11) is 0. The lowest BCUT2D eigenvalue weighted by molar-refractivity contribution is 0.287. The van der Waals surface area contributed by atoms with Gasteiger partial charge in [-0.3, -0.25) is 4.98 Å². The van der Waals surface area contributed by atoms with E-state index in [-0.39, 0.29) is 0 Å². The van der Waals surface area contributed by atoms with E-state index >= 15 is 0 Å². The molecule has 0 aliphatic carbocycles. The monoisotopic (exact) mass is 304 g/mol. The lowest BCUT2D eigenvalue weighted by atomic mass is 10.3. The number of nitrogens with zero attached hydrogens (tertiary/aromatic N) is 3. The van der Waals surface area contributed by atoms with Crippen molar-refractivity contribution in [1.29, 1.82) is 0 Å². The summed E-state index contributed by atoms with van der Waals surface area (Å²) in [6.45, 7) is 9.67. The third-order valence-corrected chi connectivity index (χ3v) is 4.25. The van der Waals surface area contributed by atoms with Crippen molar-refractivity contribution in [3.8, 4) is 10.7 Å². The lowest BCUT2D eigenvalue weighted by Gasteiger charge is -2.19. The molecule has 0 amide bonds. The number of rotatable bonds is 9. The fourth-order valence-corrected chi connectivity index (χ4v) is 2.99. The van der Waals surface area contributed by atoms with Crippen LogP contribution in [0, 0.1) is 0 Å². The van der Waals surface area contributed by atoms with Gasteiger partial charge in [0.1, 0.15) is 5.01 Å². The Hall–Kier alpha value is -1.30. The van der Waals surface area contributed by atoms with Gasteiger partial charge in [-0.25, -0.2) is 4.98 Å². The Morgan fingerprint density at radius 1 is 1.24 bits per heavy atom. The van der Waals surface area contributed by atoms with Gasteiger partial charge in [0.2, 0.25) is 0 Å². The Kier molecular flexibility index (Phi) is 6.79. The van der Waals surface area contributed by atoms with E-state index in [0.717, 1.165) is 42.6 Å². The van der Waals surface area contributed by atoms with Crippen LogP contribution in [0.1, 0.15) is 26.0 Å². The van der Waals surface area contributed by atoms with Crippen molar-refractivity contribution in [1.82, 2.24) is 20.2 Å². The molecule has 0 aromatic carbocycles. The van der Waals surface area contributed by atoms with Gasteiger partial charge in [-0.1, -0.05) is 19.9 Å². The first-order valence-corrected chi connectivity index (χ1v) is 8.50. The van der Waals surface area contributed by atoms with E-state index in [2.05, 4.69) is 39.4 Å². The van der Waals surface area contributed by atoms with E-state index in [1.807, 2.05) is 24.4 Å². The smallest absolute Gasteiger partial charge is 0.142 e. The van der Waals surface area contributed by atoms with Crippen molar-refractivity contribution in [2.75, 3.05) is 26.2 Å². The molecule has 0 radical (unpaired) electrons. The zero-order chi connectivity index (χ0) is 14.9. The molecule has 0 atom stereocenters. The van der Waals surface area contributed by atoms with Crippen LogP contribution >= 0.6 is 11.3 Å². The number of nitrogens with one attached hydrogen (secondary N) is 1. The Balaban J connectivity index is 1.76. The van der Waals surface area contributed by atoms with Crippen molar-refractivity contribution in [3.05, 3.63) is 35.5 Å². The van der Waals surface area contributed by atoms with Crippen molar-refractivity contribution in [3.63, 3.8) is 0 Å². The largest absolute Gasteiger partial charge is 0.310 e. The molecule has 0 bridgehead atoms. The lowest BCUT2D eigenvalue weighted by Crippen LogP contribution is -2.32. The SMILES string of the molecule is CCCN(CC)CCNCc1csc(-c2ccccn2)n1. The molecular weight excluding hydrogens is 280 g/mol. The fraction of sp³-hybridized carbons (Fsp3) is 0.500. The van der Waals surface area contributed by atoms with Crippen molar-refractivity contribution in [2.45, 2.75) is 26.8 Å². The minimum absolute atomic E-state index is 0.826. The van der Waals surface area contributed by atoms with Crippen LogP contribution in [0.3, 0.4) is 0 Å². The summed E-state index contributed by atoms with van der Waals surface area (Å²) in [5, 5.41) is 6.58. The van der Waals surface area contributed by atoms with Crippen LogP contribution in [-0.4, -0.2) is 41.0 Å². The summed E-state index contributed by atoms with van der Waals surface area (Å²) < 4.78 is 0. The summed E-state index contributed by atoms with van der Waals surface area (Å²) >= 11 is 1.66. The van der Waals surface area contributed by atoms with Gasteiger partial charge >= 0.3 is 0 Å². The van der Waals surface area contributed by atoms with Gasteiger partial charge in [-0.2, -0.15) is 0 Å². The van der Waals surface area contributed by atoms with Crippen molar-refractivity contribution < 1.29 is 0 Å². The number of hydrogen-bond acceptors (Lipinski definition) is 5. The number of thiazole rings is 1. The molecule has 21 heavy (non-hydrogen) atoms. The molecule has 114 valence electrons. The first-order chi connectivity index (χ1) is 10.3. The normalized spacial score (nSPS) is 11.2. The molecule has 0 saturated heterocycles. The standard InChI is InChI=1S/C16H24N4S/c1-3-10-20(4-2)11-9-17-12-14-13-21-16(19-14)15-7-5-6-8-18-15/h5-8,13,17H,3-4,9-12H2,1-2H3. The minimum atomic E-state index is 0.826. The van der Waals surface area contributed by atoms with Gasteiger partial charge in [0.15, 0.2) is 0 Å². The predicted molar refractivity (Wildman–Crippen MR) is 89.5 cm³/mol. The zero-order valence-electron chi connectivity index (χ0n) is 12.9. The fourth-order valence-electron chi connectivity index (χ4n) is 2.19. The number of pyridine rings is 1. The third-order valence-electron chi connectivity index (χ3n) is 3.33. The molecule has 2 heterocycles. The molecular formula is C16H24N4S. The molecule has 0 saturated carbocycles. The second-order valence-electron chi connectivity index (χ2n) is 4.97. The maximum absolute atomic E-state index is 4.63.